The minimum Gasteiger partial charge on any atom is -0.382 e. The van der Waals surface area contributed by atoms with E-state index in [9.17, 15) is 5.11 Å². The first-order valence-corrected chi connectivity index (χ1v) is 7.08. The van der Waals surface area contributed by atoms with E-state index in [4.69, 9.17) is 0 Å². The Bertz CT molecular complexity index is 512. The first kappa shape index (κ1) is 12.2. The lowest BCUT2D eigenvalue weighted by atomic mass is 10.1. The first-order chi connectivity index (χ1) is 7.58. The standard InChI is InChI=1S/C11H9Br2NOS/c1-6-2-7(5-16-6)11(15)10-9(13)3-8(12)4-14-10/h2-5,11,15H,1H3. The zero-order chi connectivity index (χ0) is 11.7. The molecule has 0 saturated heterocycles. The number of halogens is 2. The van der Waals surface area contributed by atoms with Crippen LogP contribution in [0.15, 0.2) is 32.7 Å². The van der Waals surface area contributed by atoms with E-state index in [0.29, 0.717) is 5.69 Å². The Balaban J connectivity index is 2.37. The third kappa shape index (κ3) is 2.53. The van der Waals surface area contributed by atoms with Crippen LogP contribution in [0.25, 0.3) is 0 Å². The maximum Gasteiger partial charge on any atom is 0.123 e. The molecule has 0 fully saturated rings. The molecule has 0 saturated carbocycles. The summed E-state index contributed by atoms with van der Waals surface area (Å²) in [5, 5.41) is 12.1. The highest BCUT2D eigenvalue weighted by molar-refractivity contribution is 9.11. The Kier molecular flexibility index (Phi) is 3.79. The number of aryl methyl sites for hydroxylation is 1. The van der Waals surface area contributed by atoms with Crippen LogP contribution in [0, 0.1) is 6.92 Å². The molecule has 0 bridgehead atoms. The van der Waals surface area contributed by atoms with Crippen molar-refractivity contribution in [3.8, 4) is 0 Å². The lowest BCUT2D eigenvalue weighted by Crippen LogP contribution is -2.02. The van der Waals surface area contributed by atoms with Crippen molar-refractivity contribution in [2.24, 2.45) is 0 Å². The van der Waals surface area contributed by atoms with Gasteiger partial charge in [0.05, 0.1) is 5.69 Å². The van der Waals surface area contributed by atoms with Gasteiger partial charge >= 0.3 is 0 Å². The minimum atomic E-state index is -0.674. The topological polar surface area (TPSA) is 33.1 Å². The number of aliphatic hydroxyl groups excluding tert-OH is 1. The van der Waals surface area contributed by atoms with Crippen molar-refractivity contribution >= 4 is 43.2 Å². The third-order valence-electron chi connectivity index (χ3n) is 2.16. The fraction of sp³-hybridized carbons (Fsp3) is 0.182. The molecule has 2 aromatic heterocycles. The van der Waals surface area contributed by atoms with Crippen molar-refractivity contribution < 1.29 is 5.11 Å². The van der Waals surface area contributed by atoms with Gasteiger partial charge in [0.15, 0.2) is 0 Å². The highest BCUT2D eigenvalue weighted by Crippen LogP contribution is 2.30. The predicted octanol–water partition coefficient (Wildman–Crippen LogP) is 4.06. The molecule has 2 rings (SSSR count). The molecule has 0 spiro atoms. The van der Waals surface area contributed by atoms with E-state index in [1.807, 2.05) is 24.4 Å². The second-order valence-electron chi connectivity index (χ2n) is 3.41. The van der Waals surface area contributed by atoms with E-state index < -0.39 is 6.10 Å². The van der Waals surface area contributed by atoms with Crippen LogP contribution in [0.4, 0.5) is 0 Å². The van der Waals surface area contributed by atoms with Gasteiger partial charge in [-0.2, -0.15) is 0 Å². The zero-order valence-corrected chi connectivity index (χ0v) is 12.4. The number of aromatic nitrogens is 1. The van der Waals surface area contributed by atoms with E-state index in [2.05, 4.69) is 36.8 Å². The van der Waals surface area contributed by atoms with Gasteiger partial charge in [-0.3, -0.25) is 4.98 Å². The molecule has 2 aromatic rings. The van der Waals surface area contributed by atoms with Gasteiger partial charge in [-0.15, -0.1) is 11.3 Å². The fourth-order valence-electron chi connectivity index (χ4n) is 1.39. The van der Waals surface area contributed by atoms with Crippen molar-refractivity contribution in [1.82, 2.24) is 4.98 Å². The van der Waals surface area contributed by atoms with Crippen LogP contribution in [0.1, 0.15) is 22.2 Å². The van der Waals surface area contributed by atoms with Gasteiger partial charge in [0, 0.05) is 20.0 Å². The van der Waals surface area contributed by atoms with E-state index in [-0.39, 0.29) is 0 Å². The average molecular weight is 363 g/mol. The summed E-state index contributed by atoms with van der Waals surface area (Å²) in [4.78, 5) is 5.41. The Morgan fingerprint density at radius 1 is 1.38 bits per heavy atom. The Labute approximate surface area is 115 Å². The van der Waals surface area contributed by atoms with Crippen LogP contribution in [0.2, 0.25) is 0 Å². The average Bonchev–Trinajstić information content (AvgIpc) is 2.64. The summed E-state index contributed by atoms with van der Waals surface area (Å²) in [5.41, 5.74) is 1.53. The molecule has 0 radical (unpaired) electrons. The molecular formula is C11H9Br2NOS. The van der Waals surface area contributed by atoms with Gasteiger partial charge in [0.25, 0.3) is 0 Å². The van der Waals surface area contributed by atoms with E-state index >= 15 is 0 Å². The van der Waals surface area contributed by atoms with E-state index in [0.717, 1.165) is 14.5 Å². The summed E-state index contributed by atoms with van der Waals surface area (Å²) in [6.45, 7) is 2.02. The number of rotatable bonds is 2. The summed E-state index contributed by atoms with van der Waals surface area (Å²) in [7, 11) is 0. The Hall–Kier alpha value is -0.230. The highest BCUT2D eigenvalue weighted by atomic mass is 79.9. The normalized spacial score (nSPS) is 12.8. The summed E-state index contributed by atoms with van der Waals surface area (Å²) < 4.78 is 1.69. The zero-order valence-electron chi connectivity index (χ0n) is 8.45. The van der Waals surface area contributed by atoms with Crippen molar-refractivity contribution in [3.63, 3.8) is 0 Å². The van der Waals surface area contributed by atoms with Crippen molar-refractivity contribution in [2.45, 2.75) is 13.0 Å². The molecule has 0 aliphatic carbocycles. The van der Waals surface area contributed by atoms with Gasteiger partial charge in [0.1, 0.15) is 6.10 Å². The lowest BCUT2D eigenvalue weighted by Gasteiger charge is -2.10. The van der Waals surface area contributed by atoms with Crippen molar-refractivity contribution in [2.75, 3.05) is 0 Å². The largest absolute Gasteiger partial charge is 0.382 e. The molecule has 1 atom stereocenters. The third-order valence-corrected chi connectivity index (χ3v) is 4.11. The summed E-state index contributed by atoms with van der Waals surface area (Å²) in [5.74, 6) is 0. The monoisotopic (exact) mass is 361 g/mol. The second-order valence-corrected chi connectivity index (χ2v) is 6.30. The fourth-order valence-corrected chi connectivity index (χ4v) is 3.32. The summed E-state index contributed by atoms with van der Waals surface area (Å²) >= 11 is 8.36. The lowest BCUT2D eigenvalue weighted by molar-refractivity contribution is 0.215. The quantitative estimate of drug-likeness (QED) is 0.873. The molecule has 0 aliphatic heterocycles. The van der Waals surface area contributed by atoms with Gasteiger partial charge in [-0.1, -0.05) is 0 Å². The van der Waals surface area contributed by atoms with Gasteiger partial charge in [-0.25, -0.2) is 0 Å². The smallest absolute Gasteiger partial charge is 0.123 e. The number of hydrogen-bond acceptors (Lipinski definition) is 3. The Morgan fingerprint density at radius 3 is 2.69 bits per heavy atom. The van der Waals surface area contributed by atoms with Crippen LogP contribution in [0.3, 0.4) is 0 Å². The summed E-state index contributed by atoms with van der Waals surface area (Å²) in [6, 6.07) is 3.86. The molecule has 0 aromatic carbocycles. The maximum atomic E-state index is 10.2. The van der Waals surface area contributed by atoms with Gasteiger partial charge in [0.2, 0.25) is 0 Å². The second kappa shape index (κ2) is 4.96. The van der Waals surface area contributed by atoms with E-state index in [1.54, 1.807) is 17.5 Å². The SMILES string of the molecule is Cc1cc(C(O)c2ncc(Br)cc2Br)cs1. The summed E-state index contributed by atoms with van der Waals surface area (Å²) in [6.07, 6.45) is 1.01. The van der Waals surface area contributed by atoms with Gasteiger partial charge in [-0.05, 0) is 61.9 Å². The first-order valence-electron chi connectivity index (χ1n) is 4.62. The molecule has 1 unspecified atom stereocenters. The van der Waals surface area contributed by atoms with Crippen molar-refractivity contribution in [3.05, 3.63) is 48.8 Å². The van der Waals surface area contributed by atoms with Crippen LogP contribution in [-0.2, 0) is 0 Å². The highest BCUT2D eigenvalue weighted by Gasteiger charge is 2.16. The molecule has 2 heterocycles. The number of thiophene rings is 1. The minimum absolute atomic E-state index is 0.640. The molecule has 0 aliphatic rings. The maximum absolute atomic E-state index is 10.2. The van der Waals surface area contributed by atoms with E-state index in [1.165, 1.54) is 4.88 Å². The van der Waals surface area contributed by atoms with Crippen LogP contribution in [0.5, 0.6) is 0 Å². The molecule has 84 valence electrons. The molecule has 1 N–H and O–H groups in total. The predicted molar refractivity (Wildman–Crippen MR) is 72.8 cm³/mol. The van der Waals surface area contributed by atoms with Crippen LogP contribution < -0.4 is 0 Å². The number of aliphatic hydroxyl groups is 1. The molecule has 16 heavy (non-hydrogen) atoms. The Morgan fingerprint density at radius 2 is 2.12 bits per heavy atom. The number of nitrogens with zero attached hydrogens (tertiary/aromatic N) is 1. The van der Waals surface area contributed by atoms with Crippen LogP contribution >= 0.6 is 43.2 Å². The van der Waals surface area contributed by atoms with Crippen molar-refractivity contribution in [1.29, 1.82) is 0 Å². The number of pyridine rings is 1. The number of hydrogen-bond donors (Lipinski definition) is 1. The molecule has 5 heteroatoms. The molecular weight excluding hydrogens is 354 g/mol. The molecule has 0 amide bonds. The molecule has 2 nitrogen and oxygen atoms in total. The van der Waals surface area contributed by atoms with Crippen LogP contribution in [-0.4, -0.2) is 10.1 Å². The van der Waals surface area contributed by atoms with Gasteiger partial charge < -0.3 is 5.11 Å².